The van der Waals surface area contributed by atoms with Gasteiger partial charge in [-0.25, -0.2) is 4.39 Å². The van der Waals surface area contributed by atoms with Crippen LogP contribution in [-0.4, -0.2) is 31.6 Å². The molecule has 0 aliphatic carbocycles. The van der Waals surface area contributed by atoms with Crippen molar-refractivity contribution in [3.8, 4) is 5.75 Å². The Bertz CT molecular complexity index is 404. The van der Waals surface area contributed by atoms with Gasteiger partial charge in [-0.05, 0) is 43.6 Å². The lowest BCUT2D eigenvalue weighted by molar-refractivity contribution is 0.195. The zero-order valence-electron chi connectivity index (χ0n) is 13.6. The fraction of sp³-hybridized carbons (Fsp3) is 0.647. The van der Waals surface area contributed by atoms with Gasteiger partial charge in [-0.3, -0.25) is 4.90 Å². The van der Waals surface area contributed by atoms with E-state index >= 15 is 0 Å². The number of nitrogens with zero attached hydrogens (tertiary/aromatic N) is 1. The number of rotatable bonds is 10. The molecule has 1 aromatic carbocycles. The largest absolute Gasteiger partial charge is 0.494 e. The third kappa shape index (κ3) is 5.29. The molecule has 0 aliphatic rings. The average Bonchev–Trinajstić information content (AvgIpc) is 2.50. The van der Waals surface area contributed by atoms with E-state index in [1.807, 2.05) is 6.07 Å². The van der Waals surface area contributed by atoms with Crippen molar-refractivity contribution in [2.24, 2.45) is 5.73 Å². The highest BCUT2D eigenvalue weighted by Crippen LogP contribution is 2.25. The SMILES string of the molecule is CCCCN(CCCC)C(CN)c1ccc(OC)c(F)c1. The van der Waals surface area contributed by atoms with Crippen LogP contribution in [0.4, 0.5) is 4.39 Å². The fourth-order valence-corrected chi connectivity index (χ4v) is 2.53. The van der Waals surface area contributed by atoms with Crippen molar-refractivity contribution in [3.63, 3.8) is 0 Å². The van der Waals surface area contributed by atoms with Crippen LogP contribution >= 0.6 is 0 Å². The highest BCUT2D eigenvalue weighted by molar-refractivity contribution is 5.31. The standard InChI is InChI=1S/C17H29FN2O/c1-4-6-10-20(11-7-5-2)16(13-19)14-8-9-17(21-3)15(18)12-14/h8-9,12,16H,4-7,10-11,13,19H2,1-3H3. The number of hydrogen-bond donors (Lipinski definition) is 1. The molecular weight excluding hydrogens is 267 g/mol. The topological polar surface area (TPSA) is 38.5 Å². The van der Waals surface area contributed by atoms with Crippen LogP contribution in [0.1, 0.15) is 51.1 Å². The highest BCUT2D eigenvalue weighted by atomic mass is 19.1. The van der Waals surface area contributed by atoms with Gasteiger partial charge < -0.3 is 10.5 Å². The average molecular weight is 296 g/mol. The second-order valence-electron chi connectivity index (χ2n) is 5.39. The Kier molecular flexibility index (Phi) is 8.31. The summed E-state index contributed by atoms with van der Waals surface area (Å²) in [4.78, 5) is 2.38. The van der Waals surface area contributed by atoms with E-state index in [-0.39, 0.29) is 17.6 Å². The lowest BCUT2D eigenvalue weighted by atomic mass is 10.0. The van der Waals surface area contributed by atoms with Crippen LogP contribution in [0, 0.1) is 5.82 Å². The lowest BCUT2D eigenvalue weighted by Gasteiger charge is -2.31. The number of methoxy groups -OCH3 is 1. The Labute approximate surface area is 128 Å². The second kappa shape index (κ2) is 9.74. The Balaban J connectivity index is 2.92. The van der Waals surface area contributed by atoms with Gasteiger partial charge in [0.15, 0.2) is 11.6 Å². The van der Waals surface area contributed by atoms with E-state index in [0.29, 0.717) is 6.54 Å². The first-order chi connectivity index (χ1) is 10.2. The van der Waals surface area contributed by atoms with Crippen LogP contribution in [0.25, 0.3) is 0 Å². The van der Waals surface area contributed by atoms with E-state index in [2.05, 4.69) is 18.7 Å². The van der Waals surface area contributed by atoms with Gasteiger partial charge in [0.25, 0.3) is 0 Å². The molecule has 0 aromatic heterocycles. The zero-order valence-corrected chi connectivity index (χ0v) is 13.6. The molecule has 1 rings (SSSR count). The van der Waals surface area contributed by atoms with Crippen molar-refractivity contribution in [3.05, 3.63) is 29.6 Å². The van der Waals surface area contributed by atoms with Gasteiger partial charge in [-0.15, -0.1) is 0 Å². The first kappa shape index (κ1) is 17.9. The molecule has 0 amide bonds. The summed E-state index contributed by atoms with van der Waals surface area (Å²) in [5, 5.41) is 0. The van der Waals surface area contributed by atoms with E-state index < -0.39 is 0 Å². The van der Waals surface area contributed by atoms with E-state index in [9.17, 15) is 4.39 Å². The Morgan fingerprint density at radius 1 is 1.19 bits per heavy atom. The van der Waals surface area contributed by atoms with Crippen molar-refractivity contribution >= 4 is 0 Å². The maximum absolute atomic E-state index is 13.9. The first-order valence-electron chi connectivity index (χ1n) is 7.95. The number of halogens is 1. The smallest absolute Gasteiger partial charge is 0.165 e. The summed E-state index contributed by atoms with van der Waals surface area (Å²) in [6.07, 6.45) is 4.57. The second-order valence-corrected chi connectivity index (χ2v) is 5.39. The summed E-state index contributed by atoms with van der Waals surface area (Å²) in [5.41, 5.74) is 6.91. The minimum atomic E-state index is -0.320. The predicted molar refractivity (Wildman–Crippen MR) is 86.1 cm³/mol. The molecule has 3 nitrogen and oxygen atoms in total. The van der Waals surface area contributed by atoms with Gasteiger partial charge >= 0.3 is 0 Å². The number of benzene rings is 1. The molecule has 21 heavy (non-hydrogen) atoms. The minimum Gasteiger partial charge on any atom is -0.494 e. The molecule has 0 radical (unpaired) electrons. The predicted octanol–water partition coefficient (Wildman–Crippen LogP) is 3.74. The maximum atomic E-state index is 13.9. The summed E-state index contributed by atoms with van der Waals surface area (Å²) in [6.45, 7) is 6.88. The molecule has 120 valence electrons. The van der Waals surface area contributed by atoms with Crippen molar-refractivity contribution in [2.45, 2.75) is 45.6 Å². The van der Waals surface area contributed by atoms with Crippen molar-refractivity contribution < 1.29 is 9.13 Å². The summed E-state index contributed by atoms with van der Waals surface area (Å²) >= 11 is 0. The molecule has 0 heterocycles. The van der Waals surface area contributed by atoms with Gasteiger partial charge in [0.2, 0.25) is 0 Å². The molecule has 0 saturated carbocycles. The third-order valence-corrected chi connectivity index (χ3v) is 3.82. The molecule has 1 unspecified atom stereocenters. The van der Waals surface area contributed by atoms with E-state index in [4.69, 9.17) is 10.5 Å². The summed E-state index contributed by atoms with van der Waals surface area (Å²) in [5.74, 6) is -0.0393. The normalized spacial score (nSPS) is 12.7. The molecule has 1 atom stereocenters. The molecule has 0 bridgehead atoms. The fourth-order valence-electron chi connectivity index (χ4n) is 2.53. The van der Waals surface area contributed by atoms with Gasteiger partial charge in [0, 0.05) is 12.6 Å². The van der Waals surface area contributed by atoms with Crippen LogP contribution in [-0.2, 0) is 0 Å². The molecule has 0 saturated heterocycles. The number of unbranched alkanes of at least 4 members (excludes halogenated alkanes) is 2. The molecule has 0 fully saturated rings. The summed E-state index contributed by atoms with van der Waals surface area (Å²) < 4.78 is 18.9. The Hall–Kier alpha value is -1.13. The van der Waals surface area contributed by atoms with Crippen LogP contribution in [0.2, 0.25) is 0 Å². The first-order valence-corrected chi connectivity index (χ1v) is 7.95. The van der Waals surface area contributed by atoms with E-state index in [0.717, 1.165) is 44.3 Å². The van der Waals surface area contributed by atoms with Crippen LogP contribution in [0.15, 0.2) is 18.2 Å². The summed E-state index contributed by atoms with van der Waals surface area (Å²) in [6, 6.07) is 5.24. The zero-order chi connectivity index (χ0) is 15.7. The molecule has 1 aromatic rings. The minimum absolute atomic E-state index is 0.0727. The lowest BCUT2D eigenvalue weighted by Crippen LogP contribution is -2.35. The number of ether oxygens (including phenoxy) is 1. The molecule has 4 heteroatoms. The van der Waals surface area contributed by atoms with Gasteiger partial charge in [0.1, 0.15) is 0 Å². The Morgan fingerprint density at radius 3 is 2.24 bits per heavy atom. The highest BCUT2D eigenvalue weighted by Gasteiger charge is 2.19. The third-order valence-electron chi connectivity index (χ3n) is 3.82. The number of nitrogens with two attached hydrogens (primary N) is 1. The van der Waals surface area contributed by atoms with Gasteiger partial charge in [-0.1, -0.05) is 32.8 Å². The van der Waals surface area contributed by atoms with Crippen molar-refractivity contribution in [2.75, 3.05) is 26.7 Å². The summed E-state index contributed by atoms with van der Waals surface area (Å²) in [7, 11) is 1.48. The van der Waals surface area contributed by atoms with Crippen molar-refractivity contribution in [1.29, 1.82) is 0 Å². The van der Waals surface area contributed by atoms with Crippen molar-refractivity contribution in [1.82, 2.24) is 4.90 Å². The maximum Gasteiger partial charge on any atom is 0.165 e. The molecule has 0 spiro atoms. The quantitative estimate of drug-likeness (QED) is 0.715. The molecular formula is C17H29FN2O. The van der Waals surface area contributed by atoms with Crippen LogP contribution < -0.4 is 10.5 Å². The van der Waals surface area contributed by atoms with Gasteiger partial charge in [-0.2, -0.15) is 0 Å². The number of hydrogen-bond acceptors (Lipinski definition) is 3. The Morgan fingerprint density at radius 2 is 1.81 bits per heavy atom. The monoisotopic (exact) mass is 296 g/mol. The van der Waals surface area contributed by atoms with Crippen LogP contribution in [0.5, 0.6) is 5.75 Å². The molecule has 0 aliphatic heterocycles. The van der Waals surface area contributed by atoms with Crippen LogP contribution in [0.3, 0.4) is 0 Å². The van der Waals surface area contributed by atoms with E-state index in [1.165, 1.54) is 7.11 Å². The van der Waals surface area contributed by atoms with E-state index in [1.54, 1.807) is 12.1 Å². The molecule has 2 N–H and O–H groups in total. The van der Waals surface area contributed by atoms with Gasteiger partial charge in [0.05, 0.1) is 7.11 Å².